The average Bonchev–Trinajstić information content (AvgIpc) is 3.29. The normalized spacial score (nSPS) is 20.8. The van der Waals surface area contributed by atoms with Crippen LogP contribution >= 0.6 is 11.3 Å². The van der Waals surface area contributed by atoms with Gasteiger partial charge in [-0.3, -0.25) is 4.79 Å². The number of aromatic nitrogens is 3. The van der Waals surface area contributed by atoms with Gasteiger partial charge in [-0.15, -0.1) is 11.3 Å². The first-order chi connectivity index (χ1) is 14.3. The highest BCUT2D eigenvalue weighted by Crippen LogP contribution is 2.34. The Bertz CT molecular complexity index is 1020. The fourth-order valence-electron chi connectivity index (χ4n) is 4.19. The van der Waals surface area contributed by atoms with Crippen molar-refractivity contribution in [2.45, 2.75) is 57.4 Å². The number of thiazole rings is 1. The summed E-state index contributed by atoms with van der Waals surface area (Å²) in [5.41, 5.74) is 1.13. The van der Waals surface area contributed by atoms with E-state index >= 15 is 0 Å². The number of rotatable bonds is 5. The minimum absolute atomic E-state index is 0.0566. The third kappa shape index (κ3) is 4.17. The van der Waals surface area contributed by atoms with E-state index in [1.807, 2.05) is 0 Å². The van der Waals surface area contributed by atoms with Crippen molar-refractivity contribution in [1.82, 2.24) is 18.8 Å². The van der Waals surface area contributed by atoms with Crippen LogP contribution in [0.15, 0.2) is 11.2 Å². The summed E-state index contributed by atoms with van der Waals surface area (Å²) < 4.78 is 28.8. The number of nitrogens with one attached hydrogen (secondary N) is 1. The molecule has 164 valence electrons. The number of aryl methyl sites for hydroxylation is 3. The number of hydrogen-bond donors (Lipinski definition) is 1. The van der Waals surface area contributed by atoms with Crippen LogP contribution in [0.3, 0.4) is 0 Å². The Kier molecular flexibility index (Phi) is 6.00. The quantitative estimate of drug-likeness (QED) is 0.754. The zero-order valence-corrected chi connectivity index (χ0v) is 19.4. The summed E-state index contributed by atoms with van der Waals surface area (Å²) in [6.45, 7) is 4.64. The van der Waals surface area contributed by atoms with E-state index in [1.165, 1.54) is 28.2 Å². The van der Waals surface area contributed by atoms with Gasteiger partial charge in [-0.1, -0.05) is 13.3 Å². The van der Waals surface area contributed by atoms with Crippen molar-refractivity contribution in [3.8, 4) is 0 Å². The zero-order valence-electron chi connectivity index (χ0n) is 17.7. The minimum Gasteiger partial charge on any atom is -0.337 e. The van der Waals surface area contributed by atoms with Gasteiger partial charge in [-0.25, -0.2) is 18.4 Å². The summed E-state index contributed by atoms with van der Waals surface area (Å²) in [5.74, 6) is 1.11. The van der Waals surface area contributed by atoms with E-state index in [0.29, 0.717) is 36.9 Å². The summed E-state index contributed by atoms with van der Waals surface area (Å²) in [4.78, 5) is 22.8. The average molecular weight is 452 g/mol. The van der Waals surface area contributed by atoms with E-state index < -0.39 is 10.0 Å². The number of sulfonamides is 1. The molecule has 0 saturated carbocycles. The summed E-state index contributed by atoms with van der Waals surface area (Å²) >= 11 is 1.59. The van der Waals surface area contributed by atoms with Crippen LogP contribution < -0.4 is 5.32 Å². The standard InChI is InChI=1S/C20H29N5O3S2/c1-4-14-5-6-16-17(11-14)29-20(22-16)23-19(26)15-7-9-25(10-8-15)30(27,28)18-12-24(3)13(2)21-18/h12,14-15H,4-11H2,1-3H3,(H,22,23,26). The molecule has 1 unspecified atom stereocenters. The van der Waals surface area contributed by atoms with Gasteiger partial charge in [0, 0.05) is 37.1 Å². The Hall–Kier alpha value is -1.78. The van der Waals surface area contributed by atoms with E-state index in [1.54, 1.807) is 29.9 Å². The Morgan fingerprint density at radius 1 is 1.27 bits per heavy atom. The number of carbonyl (C=O) groups is 1. The molecule has 2 aromatic heterocycles. The molecule has 30 heavy (non-hydrogen) atoms. The molecule has 0 spiro atoms. The molecular formula is C20H29N5O3S2. The van der Waals surface area contributed by atoms with Crippen molar-refractivity contribution in [3.63, 3.8) is 0 Å². The maximum absolute atomic E-state index is 12.8. The number of piperidine rings is 1. The summed E-state index contributed by atoms with van der Waals surface area (Å²) in [6.07, 6.45) is 6.94. The summed E-state index contributed by atoms with van der Waals surface area (Å²) in [7, 11) is -1.85. The van der Waals surface area contributed by atoms with Gasteiger partial charge in [-0.05, 0) is 44.9 Å². The predicted octanol–water partition coefficient (Wildman–Crippen LogP) is 2.74. The molecule has 8 nitrogen and oxygen atoms in total. The lowest BCUT2D eigenvalue weighted by Crippen LogP contribution is -2.41. The molecule has 4 rings (SSSR count). The molecule has 2 aliphatic rings. The molecule has 1 N–H and O–H groups in total. The number of hydrogen-bond acceptors (Lipinski definition) is 6. The molecule has 1 aliphatic heterocycles. The Balaban J connectivity index is 1.35. The number of nitrogens with zero attached hydrogens (tertiary/aromatic N) is 4. The molecule has 1 aliphatic carbocycles. The maximum Gasteiger partial charge on any atom is 0.262 e. The Morgan fingerprint density at radius 3 is 2.63 bits per heavy atom. The number of imidazole rings is 1. The third-order valence-corrected chi connectivity index (χ3v) is 9.17. The van der Waals surface area contributed by atoms with Crippen LogP contribution in [0.1, 0.15) is 49.0 Å². The molecule has 1 amide bonds. The number of fused-ring (bicyclic) bond motifs is 1. The van der Waals surface area contributed by atoms with Crippen molar-refractivity contribution in [2.24, 2.45) is 18.9 Å². The lowest BCUT2D eigenvalue weighted by molar-refractivity contribution is -0.120. The first-order valence-corrected chi connectivity index (χ1v) is 12.8. The van der Waals surface area contributed by atoms with Crippen molar-refractivity contribution in [3.05, 3.63) is 22.6 Å². The molecule has 0 radical (unpaired) electrons. The van der Waals surface area contributed by atoms with Crippen LogP contribution in [0.5, 0.6) is 0 Å². The minimum atomic E-state index is -3.62. The van der Waals surface area contributed by atoms with Crippen molar-refractivity contribution in [2.75, 3.05) is 18.4 Å². The predicted molar refractivity (Wildman–Crippen MR) is 116 cm³/mol. The van der Waals surface area contributed by atoms with Crippen LogP contribution in [0.4, 0.5) is 5.13 Å². The first-order valence-electron chi connectivity index (χ1n) is 10.6. The SMILES string of the molecule is CCC1CCc2nc(NC(=O)C3CCN(S(=O)(=O)c4cn(C)c(C)n4)CC3)sc2C1. The largest absolute Gasteiger partial charge is 0.337 e. The number of amides is 1. The van der Waals surface area contributed by atoms with E-state index in [4.69, 9.17) is 0 Å². The summed E-state index contributed by atoms with van der Waals surface area (Å²) in [6, 6.07) is 0. The van der Waals surface area contributed by atoms with Gasteiger partial charge >= 0.3 is 0 Å². The second kappa shape index (κ2) is 8.39. The molecule has 2 aromatic rings. The molecular weight excluding hydrogens is 422 g/mol. The van der Waals surface area contributed by atoms with Crippen LogP contribution in [0.2, 0.25) is 0 Å². The Labute approximate surface area is 181 Å². The van der Waals surface area contributed by atoms with Crippen molar-refractivity contribution >= 4 is 32.4 Å². The molecule has 10 heteroatoms. The first kappa shape index (κ1) is 21.5. The van der Waals surface area contributed by atoms with Crippen molar-refractivity contribution < 1.29 is 13.2 Å². The molecule has 0 aromatic carbocycles. The second-order valence-electron chi connectivity index (χ2n) is 8.31. The zero-order chi connectivity index (χ0) is 21.5. The number of carbonyl (C=O) groups excluding carboxylic acids is 1. The van der Waals surface area contributed by atoms with Crippen LogP contribution in [-0.2, 0) is 34.7 Å². The lowest BCUT2D eigenvalue weighted by atomic mass is 9.89. The molecule has 0 bridgehead atoms. The van der Waals surface area contributed by atoms with Crippen LogP contribution in [-0.4, -0.2) is 46.3 Å². The van der Waals surface area contributed by atoms with Crippen molar-refractivity contribution in [1.29, 1.82) is 0 Å². The highest BCUT2D eigenvalue weighted by atomic mass is 32.2. The molecule has 1 saturated heterocycles. The van der Waals surface area contributed by atoms with Gasteiger partial charge in [-0.2, -0.15) is 4.31 Å². The van der Waals surface area contributed by atoms with Gasteiger partial charge < -0.3 is 9.88 Å². The fraction of sp³-hybridized carbons (Fsp3) is 0.650. The van der Waals surface area contributed by atoms with Gasteiger partial charge in [0.2, 0.25) is 5.91 Å². The molecule has 1 atom stereocenters. The van der Waals surface area contributed by atoms with E-state index in [2.05, 4.69) is 22.2 Å². The third-order valence-electron chi connectivity index (χ3n) is 6.36. The molecule has 1 fully saturated rings. The number of anilines is 1. The summed E-state index contributed by atoms with van der Waals surface area (Å²) in [5, 5.41) is 3.74. The topological polar surface area (TPSA) is 97.2 Å². The van der Waals surface area contributed by atoms with Gasteiger partial charge in [0.1, 0.15) is 5.82 Å². The van der Waals surface area contributed by atoms with Crippen LogP contribution in [0.25, 0.3) is 0 Å². The van der Waals surface area contributed by atoms with E-state index in [-0.39, 0.29) is 16.9 Å². The highest BCUT2D eigenvalue weighted by Gasteiger charge is 2.34. The van der Waals surface area contributed by atoms with Gasteiger partial charge in [0.15, 0.2) is 10.2 Å². The molecule has 3 heterocycles. The lowest BCUT2D eigenvalue weighted by Gasteiger charge is -2.29. The Morgan fingerprint density at radius 2 is 2.00 bits per heavy atom. The van der Waals surface area contributed by atoms with Gasteiger partial charge in [0.25, 0.3) is 10.0 Å². The fourth-order valence-corrected chi connectivity index (χ4v) is 6.81. The smallest absolute Gasteiger partial charge is 0.262 e. The second-order valence-corrected chi connectivity index (χ2v) is 11.3. The monoisotopic (exact) mass is 451 g/mol. The maximum atomic E-state index is 12.8. The van der Waals surface area contributed by atoms with Gasteiger partial charge in [0.05, 0.1) is 5.69 Å². The highest BCUT2D eigenvalue weighted by molar-refractivity contribution is 7.89. The van der Waals surface area contributed by atoms with E-state index in [9.17, 15) is 13.2 Å². The van der Waals surface area contributed by atoms with Crippen LogP contribution in [0, 0.1) is 18.8 Å². The van der Waals surface area contributed by atoms with E-state index in [0.717, 1.165) is 24.5 Å².